The zero-order chi connectivity index (χ0) is 15.1. The summed E-state index contributed by atoms with van der Waals surface area (Å²) in [6.07, 6.45) is 1.74. The summed E-state index contributed by atoms with van der Waals surface area (Å²) in [6.45, 7) is 2.46. The summed E-state index contributed by atoms with van der Waals surface area (Å²) in [5, 5.41) is 5.77. The molecule has 6 heteroatoms. The van der Waals surface area contributed by atoms with Crippen molar-refractivity contribution in [2.45, 2.75) is 13.5 Å². The van der Waals surface area contributed by atoms with Crippen LogP contribution < -0.4 is 15.4 Å². The number of carbonyl (C=O) groups excluding carboxylic acids is 1. The fourth-order valence-corrected chi connectivity index (χ4v) is 1.71. The Hall–Kier alpha value is -2.63. The van der Waals surface area contributed by atoms with Gasteiger partial charge in [-0.3, -0.25) is 4.79 Å². The van der Waals surface area contributed by atoms with Gasteiger partial charge in [0, 0.05) is 25.0 Å². The van der Waals surface area contributed by atoms with Crippen LogP contribution in [0.2, 0.25) is 0 Å². The summed E-state index contributed by atoms with van der Waals surface area (Å²) in [5.41, 5.74) is 1.82. The highest BCUT2D eigenvalue weighted by Crippen LogP contribution is 2.17. The van der Waals surface area contributed by atoms with Gasteiger partial charge in [0.05, 0.1) is 12.2 Å². The van der Waals surface area contributed by atoms with Gasteiger partial charge in [-0.1, -0.05) is 6.07 Å². The first-order valence-corrected chi connectivity index (χ1v) is 6.63. The van der Waals surface area contributed by atoms with Gasteiger partial charge < -0.3 is 15.4 Å². The van der Waals surface area contributed by atoms with Crippen LogP contribution in [0.3, 0.4) is 0 Å². The van der Waals surface area contributed by atoms with E-state index >= 15 is 0 Å². The highest BCUT2D eigenvalue weighted by atomic mass is 16.5. The largest absolute Gasteiger partial charge is 0.484 e. The molecule has 0 aliphatic rings. The van der Waals surface area contributed by atoms with Gasteiger partial charge in [0.1, 0.15) is 11.6 Å². The molecular weight excluding hydrogens is 268 g/mol. The number of aryl methyl sites for hydroxylation is 1. The first-order valence-electron chi connectivity index (χ1n) is 6.63. The van der Waals surface area contributed by atoms with Crippen LogP contribution in [0, 0.1) is 6.92 Å². The third-order valence-electron chi connectivity index (χ3n) is 2.79. The molecular formula is C15H18N4O2. The Kier molecular flexibility index (Phi) is 5.09. The molecule has 0 saturated heterocycles. The predicted molar refractivity (Wildman–Crippen MR) is 80.1 cm³/mol. The maximum absolute atomic E-state index is 11.1. The van der Waals surface area contributed by atoms with E-state index in [0.717, 1.165) is 17.2 Å². The van der Waals surface area contributed by atoms with Crippen molar-refractivity contribution in [3.8, 4) is 5.75 Å². The van der Waals surface area contributed by atoms with Gasteiger partial charge in [0.2, 0.25) is 0 Å². The zero-order valence-corrected chi connectivity index (χ0v) is 12.1. The van der Waals surface area contributed by atoms with Gasteiger partial charge in [-0.25, -0.2) is 9.97 Å². The zero-order valence-electron chi connectivity index (χ0n) is 12.1. The van der Waals surface area contributed by atoms with Crippen molar-refractivity contribution in [3.05, 3.63) is 48.0 Å². The second-order valence-corrected chi connectivity index (χ2v) is 4.44. The number of amides is 1. The molecule has 0 saturated carbocycles. The van der Waals surface area contributed by atoms with Crippen LogP contribution in [0.1, 0.15) is 11.5 Å². The predicted octanol–water partition coefficient (Wildman–Crippen LogP) is 1.52. The standard InChI is InChI=1S/C15H18N4O2/c1-11-17-7-6-13(19-11)9-18-12-4-3-5-14(8-12)21-10-15(20)16-2/h3-8,18H,9-10H2,1-2H3,(H,16,20). The van der Waals surface area contributed by atoms with Crippen molar-refractivity contribution < 1.29 is 9.53 Å². The molecule has 0 radical (unpaired) electrons. The van der Waals surface area contributed by atoms with Crippen molar-refractivity contribution in [2.75, 3.05) is 19.0 Å². The van der Waals surface area contributed by atoms with Crippen molar-refractivity contribution in [1.29, 1.82) is 0 Å². The molecule has 21 heavy (non-hydrogen) atoms. The molecule has 2 aromatic rings. The van der Waals surface area contributed by atoms with Crippen LogP contribution in [0.25, 0.3) is 0 Å². The summed E-state index contributed by atoms with van der Waals surface area (Å²) in [4.78, 5) is 19.5. The van der Waals surface area contributed by atoms with E-state index in [2.05, 4.69) is 20.6 Å². The van der Waals surface area contributed by atoms with E-state index in [4.69, 9.17) is 4.74 Å². The van der Waals surface area contributed by atoms with Gasteiger partial charge in [-0.15, -0.1) is 0 Å². The van der Waals surface area contributed by atoms with E-state index in [9.17, 15) is 4.79 Å². The van der Waals surface area contributed by atoms with E-state index in [1.165, 1.54) is 0 Å². The lowest BCUT2D eigenvalue weighted by molar-refractivity contribution is -0.122. The van der Waals surface area contributed by atoms with E-state index in [0.29, 0.717) is 12.3 Å². The molecule has 2 rings (SSSR count). The first kappa shape index (κ1) is 14.8. The SMILES string of the molecule is CNC(=O)COc1cccc(NCc2ccnc(C)n2)c1. The number of benzene rings is 1. The molecule has 2 N–H and O–H groups in total. The Morgan fingerprint density at radius 3 is 2.95 bits per heavy atom. The van der Waals surface area contributed by atoms with Crippen molar-refractivity contribution in [1.82, 2.24) is 15.3 Å². The van der Waals surface area contributed by atoms with Crippen LogP contribution >= 0.6 is 0 Å². The van der Waals surface area contributed by atoms with E-state index in [1.54, 1.807) is 13.2 Å². The van der Waals surface area contributed by atoms with Crippen molar-refractivity contribution in [2.24, 2.45) is 0 Å². The number of anilines is 1. The van der Waals surface area contributed by atoms with E-state index < -0.39 is 0 Å². The number of nitrogens with one attached hydrogen (secondary N) is 2. The summed E-state index contributed by atoms with van der Waals surface area (Å²) < 4.78 is 5.39. The molecule has 1 aromatic carbocycles. The number of hydrogen-bond acceptors (Lipinski definition) is 5. The van der Waals surface area contributed by atoms with Gasteiger partial charge in [0.15, 0.2) is 6.61 Å². The van der Waals surface area contributed by atoms with Crippen LogP contribution in [0.15, 0.2) is 36.5 Å². The van der Waals surface area contributed by atoms with Crippen LogP contribution in [-0.4, -0.2) is 29.5 Å². The summed E-state index contributed by atoms with van der Waals surface area (Å²) >= 11 is 0. The quantitative estimate of drug-likeness (QED) is 0.842. The fourth-order valence-electron chi connectivity index (χ4n) is 1.71. The molecule has 1 heterocycles. The minimum absolute atomic E-state index is 0.00502. The number of ether oxygens (including phenoxy) is 1. The molecule has 0 aliphatic carbocycles. The second-order valence-electron chi connectivity index (χ2n) is 4.44. The Bertz CT molecular complexity index is 616. The van der Waals surface area contributed by atoms with E-state index in [-0.39, 0.29) is 12.5 Å². The highest BCUT2D eigenvalue weighted by Gasteiger charge is 2.01. The lowest BCUT2D eigenvalue weighted by atomic mass is 10.3. The van der Waals surface area contributed by atoms with Gasteiger partial charge in [-0.2, -0.15) is 0 Å². The highest BCUT2D eigenvalue weighted by molar-refractivity contribution is 5.77. The third-order valence-corrected chi connectivity index (χ3v) is 2.79. The monoisotopic (exact) mass is 286 g/mol. The maximum atomic E-state index is 11.1. The Morgan fingerprint density at radius 1 is 1.33 bits per heavy atom. The smallest absolute Gasteiger partial charge is 0.257 e. The molecule has 0 atom stereocenters. The Morgan fingerprint density at radius 2 is 2.19 bits per heavy atom. The molecule has 6 nitrogen and oxygen atoms in total. The molecule has 0 bridgehead atoms. The van der Waals surface area contributed by atoms with Crippen LogP contribution in [-0.2, 0) is 11.3 Å². The Labute approximate surface area is 123 Å². The second kappa shape index (κ2) is 7.23. The van der Waals surface area contributed by atoms with Gasteiger partial charge in [0.25, 0.3) is 5.91 Å². The summed E-state index contributed by atoms with van der Waals surface area (Å²) in [6, 6.07) is 9.32. The van der Waals surface area contributed by atoms with E-state index in [1.807, 2.05) is 37.3 Å². The number of aromatic nitrogens is 2. The third kappa shape index (κ3) is 4.76. The van der Waals surface area contributed by atoms with Crippen LogP contribution in [0.4, 0.5) is 5.69 Å². The minimum atomic E-state index is -0.162. The van der Waals surface area contributed by atoms with Crippen LogP contribution in [0.5, 0.6) is 5.75 Å². The average molecular weight is 286 g/mol. The molecule has 0 aliphatic heterocycles. The normalized spacial score (nSPS) is 10.0. The number of nitrogens with zero attached hydrogens (tertiary/aromatic N) is 2. The molecule has 0 fully saturated rings. The number of likely N-dealkylation sites (N-methyl/N-ethyl adjacent to an activating group) is 1. The number of carbonyl (C=O) groups is 1. The lowest BCUT2D eigenvalue weighted by Crippen LogP contribution is -2.24. The summed E-state index contributed by atoms with van der Waals surface area (Å²) in [5.74, 6) is 1.23. The number of hydrogen-bond donors (Lipinski definition) is 2. The molecule has 1 amide bonds. The number of rotatable bonds is 6. The topological polar surface area (TPSA) is 76.1 Å². The molecule has 0 spiro atoms. The molecule has 0 unspecified atom stereocenters. The van der Waals surface area contributed by atoms with Crippen molar-refractivity contribution >= 4 is 11.6 Å². The maximum Gasteiger partial charge on any atom is 0.257 e. The van der Waals surface area contributed by atoms with Gasteiger partial charge >= 0.3 is 0 Å². The summed E-state index contributed by atoms with van der Waals surface area (Å²) in [7, 11) is 1.58. The fraction of sp³-hybridized carbons (Fsp3) is 0.267. The molecule has 1 aromatic heterocycles. The Balaban J connectivity index is 1.93. The van der Waals surface area contributed by atoms with Gasteiger partial charge in [-0.05, 0) is 25.1 Å². The minimum Gasteiger partial charge on any atom is -0.484 e. The average Bonchev–Trinajstić information content (AvgIpc) is 2.51. The molecule has 110 valence electrons. The first-order chi connectivity index (χ1) is 10.2. The van der Waals surface area contributed by atoms with Crippen molar-refractivity contribution in [3.63, 3.8) is 0 Å². The lowest BCUT2D eigenvalue weighted by Gasteiger charge is -2.09.